The molecule has 3 heterocycles. The SMILES string of the molecule is CN1C(=O)NC(=O)C12Cc1ccc(NC(=O)CN3C(=O)C4(CCN(Cc5ccccc5)CC4)c4ccccc43)cc1C2. The number of nitrogens with one attached hydrogen (secondary N) is 2. The number of hydrogen-bond donors (Lipinski definition) is 2. The lowest BCUT2D eigenvalue weighted by atomic mass is 9.73. The fraction of sp³-hybridized carbons (Fsp3) is 0.333. The first-order chi connectivity index (χ1) is 20.3. The molecule has 0 saturated carbocycles. The summed E-state index contributed by atoms with van der Waals surface area (Å²) in [5.74, 6) is -0.577. The van der Waals surface area contributed by atoms with Gasteiger partial charge in [-0.1, -0.05) is 54.6 Å². The van der Waals surface area contributed by atoms with Crippen LogP contribution in [-0.4, -0.2) is 65.8 Å². The van der Waals surface area contributed by atoms with Crippen molar-refractivity contribution in [2.24, 2.45) is 0 Å². The molecule has 0 bridgehead atoms. The van der Waals surface area contributed by atoms with E-state index in [0.29, 0.717) is 31.4 Å². The summed E-state index contributed by atoms with van der Waals surface area (Å²) in [5.41, 5.74) is 4.06. The number of hydrogen-bond acceptors (Lipinski definition) is 5. The minimum Gasteiger partial charge on any atom is -0.325 e. The first-order valence-electron chi connectivity index (χ1n) is 14.5. The van der Waals surface area contributed by atoms with Gasteiger partial charge in [0.2, 0.25) is 11.8 Å². The molecule has 42 heavy (non-hydrogen) atoms. The summed E-state index contributed by atoms with van der Waals surface area (Å²) in [6, 6.07) is 23.4. The summed E-state index contributed by atoms with van der Waals surface area (Å²) in [6.45, 7) is 2.40. The lowest BCUT2D eigenvalue weighted by Crippen LogP contribution is -2.49. The predicted octanol–water partition coefficient (Wildman–Crippen LogP) is 3.22. The first kappa shape index (κ1) is 26.4. The van der Waals surface area contributed by atoms with Crippen LogP contribution >= 0.6 is 0 Å². The summed E-state index contributed by atoms with van der Waals surface area (Å²) < 4.78 is 0. The van der Waals surface area contributed by atoms with Crippen LogP contribution in [-0.2, 0) is 39.2 Å². The van der Waals surface area contributed by atoms with Gasteiger partial charge in [0.15, 0.2) is 0 Å². The molecular formula is C33H33N5O4. The molecule has 2 N–H and O–H groups in total. The third-order valence-electron chi connectivity index (χ3n) is 9.67. The van der Waals surface area contributed by atoms with Crippen molar-refractivity contribution in [3.63, 3.8) is 0 Å². The number of likely N-dealkylation sites (N-methyl/N-ethyl adjacent to an activating group) is 1. The lowest BCUT2D eigenvalue weighted by molar-refractivity contribution is -0.126. The zero-order valence-electron chi connectivity index (χ0n) is 23.6. The number of likely N-dealkylation sites (tertiary alicyclic amines) is 1. The van der Waals surface area contributed by atoms with Gasteiger partial charge in [0, 0.05) is 37.8 Å². The van der Waals surface area contributed by atoms with Crippen LogP contribution in [0.15, 0.2) is 72.8 Å². The predicted molar refractivity (Wildman–Crippen MR) is 158 cm³/mol. The molecule has 3 aromatic rings. The number of rotatable bonds is 5. The van der Waals surface area contributed by atoms with E-state index in [9.17, 15) is 19.2 Å². The van der Waals surface area contributed by atoms with Crippen LogP contribution in [0.3, 0.4) is 0 Å². The molecule has 2 saturated heterocycles. The minimum atomic E-state index is -0.918. The van der Waals surface area contributed by atoms with Crippen molar-refractivity contribution in [1.29, 1.82) is 0 Å². The Morgan fingerprint density at radius 2 is 1.62 bits per heavy atom. The fourth-order valence-corrected chi connectivity index (χ4v) is 7.29. The second-order valence-corrected chi connectivity index (χ2v) is 12.0. The number of fused-ring (bicyclic) bond motifs is 3. The van der Waals surface area contributed by atoms with Gasteiger partial charge in [0.05, 0.1) is 5.41 Å². The van der Waals surface area contributed by atoms with Gasteiger partial charge in [-0.05, 0) is 66.4 Å². The number of piperidine rings is 1. The summed E-state index contributed by atoms with van der Waals surface area (Å²) >= 11 is 0. The van der Waals surface area contributed by atoms with E-state index in [1.165, 1.54) is 10.5 Å². The summed E-state index contributed by atoms with van der Waals surface area (Å²) in [7, 11) is 1.64. The second-order valence-electron chi connectivity index (χ2n) is 12.0. The summed E-state index contributed by atoms with van der Waals surface area (Å²) in [6.07, 6.45) is 2.26. The van der Waals surface area contributed by atoms with Gasteiger partial charge < -0.3 is 15.1 Å². The average Bonchev–Trinajstić information content (AvgIpc) is 3.56. The van der Waals surface area contributed by atoms with Gasteiger partial charge >= 0.3 is 6.03 Å². The van der Waals surface area contributed by atoms with E-state index in [1.807, 2.05) is 48.5 Å². The van der Waals surface area contributed by atoms with E-state index in [1.54, 1.807) is 11.9 Å². The molecule has 9 heteroatoms. The van der Waals surface area contributed by atoms with E-state index in [0.717, 1.165) is 42.0 Å². The fourth-order valence-electron chi connectivity index (χ4n) is 7.29. The van der Waals surface area contributed by atoms with Gasteiger partial charge in [-0.2, -0.15) is 0 Å². The van der Waals surface area contributed by atoms with Crippen LogP contribution in [0.25, 0.3) is 0 Å². The monoisotopic (exact) mass is 563 g/mol. The minimum absolute atomic E-state index is 0.00550. The molecule has 214 valence electrons. The number of urea groups is 1. The standard InChI is InChI=1S/C33H33N5O4/c1-36-31(42)35-29(40)33(36)18-23-11-12-25(17-24(23)19-33)34-28(39)21-38-27-10-6-5-9-26(27)32(30(38)41)13-15-37(16-14-32)20-22-7-3-2-4-8-22/h2-12,17H,13-16,18-21H2,1H3,(H,34,39)(H,35,40,42). The normalized spacial score (nSPS) is 22.5. The van der Waals surface area contributed by atoms with E-state index >= 15 is 0 Å². The van der Waals surface area contributed by atoms with Crippen molar-refractivity contribution in [2.45, 2.75) is 43.2 Å². The Balaban J connectivity index is 1.05. The summed E-state index contributed by atoms with van der Waals surface area (Å²) in [4.78, 5) is 57.6. The van der Waals surface area contributed by atoms with Crippen LogP contribution in [0.4, 0.5) is 16.2 Å². The van der Waals surface area contributed by atoms with Crippen LogP contribution in [0, 0.1) is 0 Å². The maximum atomic E-state index is 14.0. The molecule has 3 aliphatic heterocycles. The highest BCUT2D eigenvalue weighted by atomic mass is 16.2. The third kappa shape index (κ3) is 4.10. The molecule has 3 aromatic carbocycles. The Bertz CT molecular complexity index is 1610. The lowest BCUT2D eigenvalue weighted by Gasteiger charge is -2.38. The van der Waals surface area contributed by atoms with E-state index in [4.69, 9.17) is 0 Å². The smallest absolute Gasteiger partial charge is 0.324 e. The van der Waals surface area contributed by atoms with Crippen molar-refractivity contribution in [3.8, 4) is 0 Å². The number of anilines is 2. The number of carbonyl (C=O) groups excluding carboxylic acids is 4. The van der Waals surface area contributed by atoms with Crippen molar-refractivity contribution in [3.05, 3.63) is 95.1 Å². The Morgan fingerprint density at radius 1 is 0.905 bits per heavy atom. The van der Waals surface area contributed by atoms with Crippen LogP contribution in [0.1, 0.15) is 35.1 Å². The van der Waals surface area contributed by atoms with E-state index in [-0.39, 0.29) is 24.3 Å². The number of carbonyl (C=O) groups is 4. The molecule has 0 aromatic heterocycles. The zero-order chi connectivity index (χ0) is 29.1. The number of benzene rings is 3. The van der Waals surface area contributed by atoms with Gasteiger partial charge in [0.25, 0.3) is 5.91 Å². The van der Waals surface area contributed by atoms with Crippen LogP contribution in [0.2, 0.25) is 0 Å². The third-order valence-corrected chi connectivity index (χ3v) is 9.67. The molecule has 4 aliphatic rings. The highest BCUT2D eigenvalue weighted by molar-refractivity contribution is 6.12. The molecule has 2 spiro atoms. The van der Waals surface area contributed by atoms with Gasteiger partial charge in [-0.25, -0.2) is 4.79 Å². The summed E-state index contributed by atoms with van der Waals surface area (Å²) in [5, 5.41) is 5.37. The van der Waals surface area contributed by atoms with Crippen LogP contribution in [0.5, 0.6) is 0 Å². The Hall–Kier alpha value is -4.50. The first-order valence-corrected chi connectivity index (χ1v) is 14.5. The molecule has 0 radical (unpaired) electrons. The molecular weight excluding hydrogens is 530 g/mol. The quantitative estimate of drug-likeness (QED) is 0.465. The van der Waals surface area contributed by atoms with Crippen molar-refractivity contribution >= 4 is 35.1 Å². The van der Waals surface area contributed by atoms with Gasteiger partial charge in [-0.3, -0.25) is 24.6 Å². The zero-order valence-corrected chi connectivity index (χ0v) is 23.6. The molecule has 2 fully saturated rings. The Morgan fingerprint density at radius 3 is 2.36 bits per heavy atom. The molecule has 1 atom stereocenters. The van der Waals surface area contributed by atoms with Crippen molar-refractivity contribution in [2.75, 3.05) is 36.9 Å². The average molecular weight is 564 g/mol. The molecule has 5 amide bonds. The Kier molecular flexibility index (Phi) is 6.16. The van der Waals surface area contributed by atoms with E-state index in [2.05, 4.69) is 39.8 Å². The number of imide groups is 1. The van der Waals surface area contributed by atoms with Crippen LogP contribution < -0.4 is 15.5 Å². The van der Waals surface area contributed by atoms with Crippen molar-refractivity contribution in [1.82, 2.24) is 15.1 Å². The molecule has 1 unspecified atom stereocenters. The topological polar surface area (TPSA) is 102 Å². The highest BCUT2D eigenvalue weighted by Crippen LogP contribution is 2.48. The number of para-hydroxylation sites is 1. The highest BCUT2D eigenvalue weighted by Gasteiger charge is 2.54. The second kappa shape index (κ2) is 9.80. The largest absolute Gasteiger partial charge is 0.325 e. The maximum absolute atomic E-state index is 14.0. The molecule has 9 nitrogen and oxygen atoms in total. The molecule has 1 aliphatic carbocycles. The Labute approximate surface area is 244 Å². The van der Waals surface area contributed by atoms with Crippen molar-refractivity contribution < 1.29 is 19.2 Å². The van der Waals surface area contributed by atoms with Gasteiger partial charge in [0.1, 0.15) is 12.1 Å². The van der Waals surface area contributed by atoms with Gasteiger partial charge in [-0.15, -0.1) is 0 Å². The maximum Gasteiger partial charge on any atom is 0.324 e. The van der Waals surface area contributed by atoms with E-state index < -0.39 is 17.0 Å². The molecule has 7 rings (SSSR count). The number of amides is 5. The number of nitrogens with zero attached hydrogens (tertiary/aromatic N) is 3.